The molecule has 114 valence electrons. The Morgan fingerprint density at radius 2 is 2.36 bits per heavy atom. The van der Waals surface area contributed by atoms with Crippen molar-refractivity contribution in [2.45, 2.75) is 18.8 Å². The Labute approximate surface area is 138 Å². The first-order chi connectivity index (χ1) is 10.9. The number of thiophene rings is 1. The van der Waals surface area contributed by atoms with Crippen molar-refractivity contribution in [1.29, 1.82) is 0 Å². The van der Waals surface area contributed by atoms with E-state index in [1.165, 1.54) is 37.7 Å². The molecule has 0 amide bonds. The van der Waals surface area contributed by atoms with E-state index in [0.717, 1.165) is 23.0 Å². The Morgan fingerprint density at radius 3 is 3.23 bits per heavy atom. The van der Waals surface area contributed by atoms with Crippen LogP contribution in [0.4, 0.5) is 0 Å². The zero-order valence-corrected chi connectivity index (χ0v) is 13.8. The minimum absolute atomic E-state index is 0.372. The Hall–Kier alpha value is -1.42. The maximum atomic E-state index is 5.79. The van der Waals surface area contributed by atoms with Gasteiger partial charge in [-0.05, 0) is 36.8 Å². The largest absolute Gasteiger partial charge is 0.463 e. The monoisotopic (exact) mass is 331 g/mol. The van der Waals surface area contributed by atoms with Crippen molar-refractivity contribution in [3.05, 3.63) is 28.1 Å². The fraction of sp³-hybridized carbons (Fsp3) is 0.500. The molecule has 0 aromatic carbocycles. The number of nitrogens with zero attached hydrogens (tertiary/aromatic N) is 3. The molecule has 3 atom stereocenters. The molecule has 4 heterocycles. The first-order valence-corrected chi connectivity index (χ1v) is 9.21. The van der Waals surface area contributed by atoms with Crippen LogP contribution in [0.1, 0.15) is 29.3 Å². The highest BCUT2D eigenvalue weighted by atomic mass is 32.1. The minimum atomic E-state index is 0.372. The second-order valence-electron chi connectivity index (χ2n) is 5.79. The maximum absolute atomic E-state index is 5.79. The average Bonchev–Trinajstić information content (AvgIpc) is 3.25. The molecule has 2 bridgehead atoms. The predicted molar refractivity (Wildman–Crippen MR) is 88.5 cm³/mol. The van der Waals surface area contributed by atoms with E-state index in [1.54, 1.807) is 11.3 Å². The van der Waals surface area contributed by atoms with Gasteiger partial charge in [0.2, 0.25) is 5.88 Å². The van der Waals surface area contributed by atoms with E-state index in [0.29, 0.717) is 18.4 Å². The van der Waals surface area contributed by atoms with Crippen LogP contribution in [-0.2, 0) is 0 Å². The van der Waals surface area contributed by atoms with Gasteiger partial charge in [-0.15, -0.1) is 15.7 Å². The molecule has 0 saturated carbocycles. The second-order valence-corrected chi connectivity index (χ2v) is 7.27. The quantitative estimate of drug-likeness (QED) is 0.811. The van der Waals surface area contributed by atoms with Gasteiger partial charge >= 0.3 is 0 Å². The van der Waals surface area contributed by atoms with E-state index in [2.05, 4.69) is 25.5 Å². The van der Waals surface area contributed by atoms with Crippen molar-refractivity contribution in [1.82, 2.24) is 13.6 Å². The maximum Gasteiger partial charge on any atom is 0.250 e. The molecule has 0 spiro atoms. The smallest absolute Gasteiger partial charge is 0.250 e. The lowest BCUT2D eigenvalue weighted by Crippen LogP contribution is -2.25. The Kier molecular flexibility index (Phi) is 4.11. The van der Waals surface area contributed by atoms with Crippen molar-refractivity contribution in [3.63, 3.8) is 0 Å². The van der Waals surface area contributed by atoms with Gasteiger partial charge < -0.3 is 9.64 Å². The van der Waals surface area contributed by atoms with E-state index >= 15 is 0 Å². The second kappa shape index (κ2) is 6.37. The van der Waals surface area contributed by atoms with Gasteiger partial charge in [0.1, 0.15) is 5.69 Å². The van der Waals surface area contributed by atoms with Gasteiger partial charge in [0, 0.05) is 19.0 Å². The van der Waals surface area contributed by atoms with E-state index in [9.17, 15) is 0 Å². The van der Waals surface area contributed by atoms with Gasteiger partial charge in [0.15, 0.2) is 6.61 Å². The summed E-state index contributed by atoms with van der Waals surface area (Å²) in [6, 6.07) is 4.02. The van der Waals surface area contributed by atoms with Crippen LogP contribution in [0.2, 0.25) is 0 Å². The molecule has 2 aromatic rings. The van der Waals surface area contributed by atoms with Crippen LogP contribution in [0.15, 0.2) is 17.5 Å². The summed E-state index contributed by atoms with van der Waals surface area (Å²) in [5.41, 5.74) is 1.05. The van der Waals surface area contributed by atoms with Gasteiger partial charge in [0.05, 0.1) is 16.6 Å². The first kappa shape index (κ1) is 14.2. The predicted octanol–water partition coefficient (Wildman–Crippen LogP) is 2.84. The van der Waals surface area contributed by atoms with E-state index < -0.39 is 0 Å². The third kappa shape index (κ3) is 2.89. The van der Waals surface area contributed by atoms with Crippen molar-refractivity contribution in [2.75, 3.05) is 26.2 Å². The fourth-order valence-corrected chi connectivity index (χ4v) is 4.57. The van der Waals surface area contributed by atoms with E-state index in [1.807, 2.05) is 17.5 Å². The summed E-state index contributed by atoms with van der Waals surface area (Å²) < 4.78 is 14.6. The summed E-state index contributed by atoms with van der Waals surface area (Å²) in [6.07, 6.45) is 2.61. The van der Waals surface area contributed by atoms with Crippen molar-refractivity contribution >= 4 is 23.1 Å². The van der Waals surface area contributed by atoms with Gasteiger partial charge in [-0.25, -0.2) is 0 Å². The molecule has 2 aliphatic heterocycles. The highest BCUT2D eigenvalue weighted by Crippen LogP contribution is 2.40. The van der Waals surface area contributed by atoms with Crippen LogP contribution in [0.3, 0.4) is 0 Å². The molecule has 0 radical (unpaired) electrons. The zero-order chi connectivity index (χ0) is 14.8. The number of aromatic nitrogens is 2. The van der Waals surface area contributed by atoms with Gasteiger partial charge in [-0.3, -0.25) is 0 Å². The number of hydrogen-bond acceptors (Lipinski definition) is 6. The van der Waals surface area contributed by atoms with Crippen LogP contribution in [0.25, 0.3) is 0 Å². The molecular weight excluding hydrogens is 314 g/mol. The lowest BCUT2D eigenvalue weighted by atomic mass is 9.89. The molecule has 4 nitrogen and oxygen atoms in total. The molecule has 2 aromatic heterocycles. The number of piperidine rings is 1. The lowest BCUT2D eigenvalue weighted by molar-refractivity contribution is 0.269. The summed E-state index contributed by atoms with van der Waals surface area (Å²) in [5.74, 6) is 8.06. The third-order valence-corrected chi connectivity index (χ3v) is 5.72. The molecule has 2 saturated heterocycles. The number of rotatable bonds is 3. The van der Waals surface area contributed by atoms with Gasteiger partial charge in [0.25, 0.3) is 0 Å². The standard InChI is InChI=1S/C16H17N3OS2/c1-4-12-10-19(7-1)11-14(12)15-16(18-22-17-15)20-8-2-5-13-6-3-9-21-13/h3,6,9,12,14H,1,4,7-8,10-11H2/t12-,14-/m0/s1. The summed E-state index contributed by atoms with van der Waals surface area (Å²) in [5, 5.41) is 2.03. The summed E-state index contributed by atoms with van der Waals surface area (Å²) in [7, 11) is 0. The zero-order valence-electron chi connectivity index (χ0n) is 12.2. The number of hydrogen-bond donors (Lipinski definition) is 0. The molecule has 6 heteroatoms. The molecule has 0 N–H and O–H groups in total. The molecule has 2 aliphatic rings. The molecule has 2 fully saturated rings. The van der Waals surface area contributed by atoms with Crippen LogP contribution >= 0.6 is 23.1 Å². The van der Waals surface area contributed by atoms with Gasteiger partial charge in [-0.2, -0.15) is 4.37 Å². The Bertz CT molecular complexity index is 686. The number of ether oxygens (including phenoxy) is 1. The lowest BCUT2D eigenvalue weighted by Gasteiger charge is -2.21. The van der Waals surface area contributed by atoms with Crippen LogP contribution < -0.4 is 4.74 Å². The van der Waals surface area contributed by atoms with Crippen molar-refractivity contribution < 1.29 is 4.74 Å². The van der Waals surface area contributed by atoms with Crippen LogP contribution in [0.5, 0.6) is 5.88 Å². The Morgan fingerprint density at radius 1 is 1.36 bits per heavy atom. The highest BCUT2D eigenvalue weighted by Gasteiger charge is 2.39. The molecule has 22 heavy (non-hydrogen) atoms. The van der Waals surface area contributed by atoms with Crippen LogP contribution in [-0.4, -0.2) is 39.9 Å². The summed E-state index contributed by atoms with van der Waals surface area (Å²) in [6.45, 7) is 3.91. The number of fused-ring (bicyclic) bond motifs is 2. The van der Waals surface area contributed by atoms with Crippen LogP contribution in [0, 0.1) is 17.8 Å². The molecule has 4 rings (SSSR count). The van der Waals surface area contributed by atoms with Crippen molar-refractivity contribution in [3.8, 4) is 17.7 Å². The highest BCUT2D eigenvalue weighted by molar-refractivity contribution is 7.10. The van der Waals surface area contributed by atoms with Gasteiger partial charge in [-0.1, -0.05) is 17.9 Å². The first-order valence-electron chi connectivity index (χ1n) is 7.60. The van der Waals surface area contributed by atoms with Crippen molar-refractivity contribution in [2.24, 2.45) is 5.92 Å². The minimum Gasteiger partial charge on any atom is -0.463 e. The SMILES string of the molecule is C(#Cc1cccs1)COc1nsnc1[C@H]1CN2CCC[C@H]1C2. The molecule has 0 aliphatic carbocycles. The summed E-state index contributed by atoms with van der Waals surface area (Å²) in [4.78, 5) is 3.61. The summed E-state index contributed by atoms with van der Waals surface area (Å²) >= 11 is 2.90. The van der Waals surface area contributed by atoms with E-state index in [4.69, 9.17) is 4.74 Å². The molecular formula is C16H17N3OS2. The van der Waals surface area contributed by atoms with E-state index in [-0.39, 0.29) is 0 Å². The normalized spacial score (nSPS) is 26.5. The Balaban J connectivity index is 1.42. The fourth-order valence-electron chi connectivity index (χ4n) is 3.41. The molecule has 1 unspecified atom stereocenters. The topological polar surface area (TPSA) is 38.3 Å². The third-order valence-electron chi connectivity index (χ3n) is 4.41. The average molecular weight is 331 g/mol.